The van der Waals surface area contributed by atoms with E-state index in [0.717, 1.165) is 15.9 Å². The van der Waals surface area contributed by atoms with Crippen LogP contribution in [0.15, 0.2) is 40.2 Å². The lowest BCUT2D eigenvalue weighted by molar-refractivity contribution is 0.103. The number of anilines is 1. The van der Waals surface area contributed by atoms with Gasteiger partial charge in [0.15, 0.2) is 0 Å². The molecule has 0 unspecified atom stereocenters. The smallest absolute Gasteiger partial charge is 0.265 e. The van der Waals surface area contributed by atoms with Crippen LogP contribution in [0.2, 0.25) is 0 Å². The molecule has 0 fully saturated rings. The predicted molar refractivity (Wildman–Crippen MR) is 85.1 cm³/mol. The van der Waals surface area contributed by atoms with Gasteiger partial charge in [0.05, 0.1) is 8.66 Å². The summed E-state index contributed by atoms with van der Waals surface area (Å²) in [6.07, 6.45) is 1.12. The van der Waals surface area contributed by atoms with E-state index in [0.29, 0.717) is 10.8 Å². The summed E-state index contributed by atoms with van der Waals surface area (Å²) in [7, 11) is 0. The lowest BCUT2D eigenvalue weighted by Gasteiger charge is -2.10. The van der Waals surface area contributed by atoms with Gasteiger partial charge in [0.25, 0.3) is 5.91 Å². The van der Waals surface area contributed by atoms with E-state index in [9.17, 15) is 4.79 Å². The third kappa shape index (κ3) is 3.67. The molecule has 1 atom stereocenters. The Kier molecular flexibility index (Phi) is 4.77. The maximum atomic E-state index is 12.0. The Hall–Kier alpha value is -1.13. The summed E-state index contributed by atoms with van der Waals surface area (Å²) >= 11 is 4.79. The van der Waals surface area contributed by atoms with E-state index in [-0.39, 0.29) is 5.91 Å². The number of hydrogen-bond acceptors (Lipinski definition) is 2. The number of amides is 1. The SMILES string of the molecule is CC[C@H](C)c1ccc(NC(=O)c2ccc(Br)s2)cc1. The van der Waals surface area contributed by atoms with Crippen molar-refractivity contribution in [1.29, 1.82) is 0 Å². The molecule has 0 bridgehead atoms. The van der Waals surface area contributed by atoms with E-state index in [2.05, 4.69) is 47.2 Å². The van der Waals surface area contributed by atoms with Crippen molar-refractivity contribution in [3.05, 3.63) is 50.6 Å². The zero-order chi connectivity index (χ0) is 13.8. The highest BCUT2D eigenvalue weighted by atomic mass is 79.9. The minimum absolute atomic E-state index is 0.0630. The maximum Gasteiger partial charge on any atom is 0.265 e. The number of hydrogen-bond donors (Lipinski definition) is 1. The number of nitrogens with one attached hydrogen (secondary N) is 1. The molecule has 1 heterocycles. The van der Waals surface area contributed by atoms with Gasteiger partial charge in [-0.05, 0) is 58.1 Å². The summed E-state index contributed by atoms with van der Waals surface area (Å²) in [6, 6.07) is 11.8. The van der Waals surface area contributed by atoms with E-state index in [1.54, 1.807) is 0 Å². The standard InChI is InChI=1S/C15H16BrNOS/c1-3-10(2)11-4-6-12(7-5-11)17-15(18)13-8-9-14(16)19-13/h4-10H,3H2,1-2H3,(H,17,18)/t10-/m0/s1. The molecule has 0 aliphatic carbocycles. The first-order chi connectivity index (χ1) is 9.10. The zero-order valence-corrected chi connectivity index (χ0v) is 13.3. The third-order valence-corrected chi connectivity index (χ3v) is 4.77. The van der Waals surface area contributed by atoms with Crippen LogP contribution in [0.1, 0.15) is 41.4 Å². The van der Waals surface area contributed by atoms with E-state index in [1.807, 2.05) is 24.3 Å². The van der Waals surface area contributed by atoms with Crippen LogP contribution in [0, 0.1) is 0 Å². The van der Waals surface area contributed by atoms with Gasteiger partial charge in [0, 0.05) is 5.69 Å². The van der Waals surface area contributed by atoms with E-state index in [1.165, 1.54) is 16.9 Å². The van der Waals surface area contributed by atoms with Gasteiger partial charge in [0.2, 0.25) is 0 Å². The molecule has 1 aromatic heterocycles. The third-order valence-electron chi connectivity index (χ3n) is 3.15. The normalized spacial score (nSPS) is 12.2. The van der Waals surface area contributed by atoms with E-state index >= 15 is 0 Å². The van der Waals surface area contributed by atoms with Crippen molar-refractivity contribution in [3.63, 3.8) is 0 Å². The summed E-state index contributed by atoms with van der Waals surface area (Å²) in [5.74, 6) is 0.491. The van der Waals surface area contributed by atoms with Crippen LogP contribution in [0.3, 0.4) is 0 Å². The van der Waals surface area contributed by atoms with Crippen molar-refractivity contribution in [2.24, 2.45) is 0 Å². The van der Waals surface area contributed by atoms with Gasteiger partial charge >= 0.3 is 0 Å². The second kappa shape index (κ2) is 6.35. The van der Waals surface area contributed by atoms with Crippen LogP contribution in [0.25, 0.3) is 0 Å². The second-order valence-corrected chi connectivity index (χ2v) is 6.95. The van der Waals surface area contributed by atoms with Crippen LogP contribution >= 0.6 is 27.3 Å². The summed E-state index contributed by atoms with van der Waals surface area (Å²) in [4.78, 5) is 12.7. The van der Waals surface area contributed by atoms with E-state index in [4.69, 9.17) is 0 Å². The number of benzene rings is 1. The molecule has 0 aliphatic rings. The Morgan fingerprint density at radius 1 is 1.26 bits per heavy atom. The highest BCUT2D eigenvalue weighted by molar-refractivity contribution is 9.11. The Morgan fingerprint density at radius 3 is 2.47 bits per heavy atom. The quantitative estimate of drug-likeness (QED) is 0.808. The molecule has 100 valence electrons. The van der Waals surface area contributed by atoms with Crippen molar-refractivity contribution in [2.75, 3.05) is 5.32 Å². The minimum atomic E-state index is -0.0630. The topological polar surface area (TPSA) is 29.1 Å². The summed E-state index contributed by atoms with van der Waals surface area (Å²) in [5.41, 5.74) is 2.14. The molecule has 1 amide bonds. The molecule has 2 nitrogen and oxygen atoms in total. The molecule has 2 rings (SSSR count). The average molecular weight is 338 g/mol. The number of thiophene rings is 1. The average Bonchev–Trinajstić information content (AvgIpc) is 2.85. The fraction of sp³-hybridized carbons (Fsp3) is 0.267. The summed E-state index contributed by atoms with van der Waals surface area (Å²) in [6.45, 7) is 4.38. The minimum Gasteiger partial charge on any atom is -0.321 e. The molecule has 4 heteroatoms. The number of rotatable bonds is 4. The highest BCUT2D eigenvalue weighted by Crippen LogP contribution is 2.24. The summed E-state index contributed by atoms with van der Waals surface area (Å²) in [5, 5.41) is 2.91. The van der Waals surface area contributed by atoms with Crippen molar-refractivity contribution < 1.29 is 4.79 Å². The molecule has 2 aromatic rings. The fourth-order valence-electron chi connectivity index (χ4n) is 1.76. The molecular weight excluding hydrogens is 322 g/mol. The van der Waals surface area contributed by atoms with Crippen LogP contribution < -0.4 is 5.32 Å². The first-order valence-corrected chi connectivity index (χ1v) is 7.87. The zero-order valence-electron chi connectivity index (χ0n) is 10.9. The van der Waals surface area contributed by atoms with Gasteiger partial charge in [0.1, 0.15) is 0 Å². The Bertz CT molecular complexity index is 562. The van der Waals surface area contributed by atoms with Crippen molar-refractivity contribution in [2.45, 2.75) is 26.2 Å². The predicted octanol–water partition coefficient (Wildman–Crippen LogP) is 5.28. The van der Waals surface area contributed by atoms with Crippen LogP contribution in [0.4, 0.5) is 5.69 Å². The Balaban J connectivity index is 2.05. The molecule has 19 heavy (non-hydrogen) atoms. The van der Waals surface area contributed by atoms with Gasteiger partial charge in [-0.15, -0.1) is 11.3 Å². The Morgan fingerprint density at radius 2 is 1.95 bits per heavy atom. The van der Waals surface area contributed by atoms with Gasteiger partial charge in [-0.1, -0.05) is 26.0 Å². The van der Waals surface area contributed by atoms with Crippen LogP contribution in [0.5, 0.6) is 0 Å². The highest BCUT2D eigenvalue weighted by Gasteiger charge is 2.09. The largest absolute Gasteiger partial charge is 0.321 e. The lowest BCUT2D eigenvalue weighted by atomic mass is 9.99. The Labute approximate surface area is 126 Å². The van der Waals surface area contributed by atoms with Crippen LogP contribution in [-0.2, 0) is 0 Å². The maximum absolute atomic E-state index is 12.0. The van der Waals surface area contributed by atoms with E-state index < -0.39 is 0 Å². The van der Waals surface area contributed by atoms with Gasteiger partial charge in [-0.25, -0.2) is 0 Å². The summed E-state index contributed by atoms with van der Waals surface area (Å²) < 4.78 is 0.963. The fourth-order valence-corrected chi connectivity index (χ4v) is 3.04. The first-order valence-electron chi connectivity index (χ1n) is 6.26. The second-order valence-electron chi connectivity index (χ2n) is 4.49. The monoisotopic (exact) mass is 337 g/mol. The number of carbonyl (C=O) groups is 1. The molecule has 0 saturated heterocycles. The molecule has 0 saturated carbocycles. The van der Waals surface area contributed by atoms with Crippen molar-refractivity contribution in [1.82, 2.24) is 0 Å². The molecule has 0 spiro atoms. The number of carbonyl (C=O) groups excluding carboxylic acids is 1. The first kappa shape index (κ1) is 14.3. The van der Waals surface area contributed by atoms with Gasteiger partial charge < -0.3 is 5.32 Å². The number of halogens is 1. The molecular formula is C15H16BrNOS. The molecule has 1 N–H and O–H groups in total. The molecule has 1 aromatic carbocycles. The van der Waals surface area contributed by atoms with Crippen LogP contribution in [-0.4, -0.2) is 5.91 Å². The van der Waals surface area contributed by atoms with Gasteiger partial charge in [-0.3, -0.25) is 4.79 Å². The molecule has 0 aliphatic heterocycles. The van der Waals surface area contributed by atoms with Gasteiger partial charge in [-0.2, -0.15) is 0 Å². The molecule has 0 radical (unpaired) electrons. The lowest BCUT2D eigenvalue weighted by Crippen LogP contribution is -2.10. The van der Waals surface area contributed by atoms with Crippen molar-refractivity contribution in [3.8, 4) is 0 Å². The van der Waals surface area contributed by atoms with Crippen molar-refractivity contribution >= 4 is 38.9 Å².